The number of halogens is 1. The minimum absolute atomic E-state index is 0. The van der Waals surface area contributed by atoms with Crippen LogP contribution in [0.3, 0.4) is 0 Å². The molecule has 1 aliphatic rings. The molecule has 4 rings (SSSR count). The van der Waals surface area contributed by atoms with E-state index in [9.17, 15) is 0 Å². The number of rotatable bonds is 4. The van der Waals surface area contributed by atoms with Crippen LogP contribution < -0.4 is 5.32 Å². The van der Waals surface area contributed by atoms with Crippen LogP contribution in [0.4, 0.5) is 0 Å². The summed E-state index contributed by atoms with van der Waals surface area (Å²) in [4.78, 5) is 11.8. The lowest BCUT2D eigenvalue weighted by atomic mass is 10.1. The summed E-state index contributed by atoms with van der Waals surface area (Å²) in [6.45, 7) is 3.84. The summed E-state index contributed by atoms with van der Waals surface area (Å²) in [6.07, 6.45) is 3.89. The van der Waals surface area contributed by atoms with E-state index in [-0.39, 0.29) is 12.4 Å². The summed E-state index contributed by atoms with van der Waals surface area (Å²) in [5.74, 6) is 1.12. The first-order valence-electron chi connectivity index (χ1n) is 7.70. The van der Waals surface area contributed by atoms with Crippen LogP contribution in [0.25, 0.3) is 10.6 Å². The Kier molecular flexibility index (Phi) is 5.68. The lowest BCUT2D eigenvalue weighted by Gasteiger charge is -2.35. The Balaban J connectivity index is 0.00000169. The van der Waals surface area contributed by atoms with Gasteiger partial charge in [0, 0.05) is 61.9 Å². The standard InChI is InChI=1S/C16H19N5S2.ClH/c1-20-5-4-18-15(20)14-8-17-3-6-21(14)9-13-11-23-16(19-13)12-2-7-22-10-12;/h2,4-5,7,10-11,14,17H,3,6,8-9H2,1H3;1H. The number of nitrogens with zero attached hydrogens (tertiary/aromatic N) is 4. The topological polar surface area (TPSA) is 46.0 Å². The summed E-state index contributed by atoms with van der Waals surface area (Å²) >= 11 is 3.45. The fraction of sp³-hybridized carbons (Fsp3) is 0.375. The molecule has 1 atom stereocenters. The number of aromatic nitrogens is 3. The van der Waals surface area contributed by atoms with E-state index in [4.69, 9.17) is 4.98 Å². The summed E-state index contributed by atoms with van der Waals surface area (Å²) in [5, 5.41) is 11.0. The number of aryl methyl sites for hydroxylation is 1. The van der Waals surface area contributed by atoms with Gasteiger partial charge < -0.3 is 9.88 Å². The highest BCUT2D eigenvalue weighted by Gasteiger charge is 2.27. The van der Waals surface area contributed by atoms with E-state index >= 15 is 0 Å². The Hall–Kier alpha value is -1.25. The Bertz CT molecular complexity index is 767. The molecule has 0 radical (unpaired) electrons. The number of thiazole rings is 1. The lowest BCUT2D eigenvalue weighted by molar-refractivity contribution is 0.143. The largest absolute Gasteiger partial charge is 0.337 e. The van der Waals surface area contributed by atoms with Gasteiger partial charge in [-0.1, -0.05) is 0 Å². The van der Waals surface area contributed by atoms with Gasteiger partial charge in [0.05, 0.1) is 11.7 Å². The van der Waals surface area contributed by atoms with Crippen LogP contribution in [0.5, 0.6) is 0 Å². The van der Waals surface area contributed by atoms with E-state index < -0.39 is 0 Å². The smallest absolute Gasteiger partial charge is 0.127 e. The highest BCUT2D eigenvalue weighted by Crippen LogP contribution is 2.28. The maximum Gasteiger partial charge on any atom is 0.127 e. The zero-order valence-corrected chi connectivity index (χ0v) is 15.8. The van der Waals surface area contributed by atoms with Crippen LogP contribution in [0.15, 0.2) is 34.6 Å². The van der Waals surface area contributed by atoms with Gasteiger partial charge >= 0.3 is 0 Å². The molecule has 0 aromatic carbocycles. The van der Waals surface area contributed by atoms with E-state index in [1.807, 2.05) is 12.4 Å². The van der Waals surface area contributed by atoms with Gasteiger partial charge in [-0.15, -0.1) is 23.7 Å². The molecule has 5 nitrogen and oxygen atoms in total. The van der Waals surface area contributed by atoms with Crippen LogP contribution >= 0.6 is 35.1 Å². The number of hydrogen-bond acceptors (Lipinski definition) is 6. The fourth-order valence-electron chi connectivity index (χ4n) is 2.99. The molecule has 0 bridgehead atoms. The first kappa shape index (κ1) is 17.6. The summed E-state index contributed by atoms with van der Waals surface area (Å²) in [5.41, 5.74) is 2.38. The van der Waals surface area contributed by atoms with Crippen LogP contribution in [0, 0.1) is 0 Å². The van der Waals surface area contributed by atoms with Gasteiger partial charge in [0.1, 0.15) is 10.8 Å². The number of thiophene rings is 1. The highest BCUT2D eigenvalue weighted by atomic mass is 35.5. The number of imidazole rings is 1. The molecule has 0 amide bonds. The molecule has 1 aliphatic heterocycles. The van der Waals surface area contributed by atoms with Gasteiger partial charge in [-0.25, -0.2) is 9.97 Å². The predicted octanol–water partition coefficient (Wildman–Crippen LogP) is 3.17. The van der Waals surface area contributed by atoms with Crippen molar-refractivity contribution in [1.29, 1.82) is 0 Å². The predicted molar refractivity (Wildman–Crippen MR) is 102 cm³/mol. The van der Waals surface area contributed by atoms with Crippen molar-refractivity contribution < 1.29 is 0 Å². The maximum absolute atomic E-state index is 4.82. The van der Waals surface area contributed by atoms with Crippen molar-refractivity contribution in [1.82, 2.24) is 24.8 Å². The van der Waals surface area contributed by atoms with E-state index in [2.05, 4.69) is 49.0 Å². The van der Waals surface area contributed by atoms with Gasteiger partial charge in [-0.3, -0.25) is 4.90 Å². The van der Waals surface area contributed by atoms with Crippen molar-refractivity contribution in [3.05, 3.63) is 46.1 Å². The van der Waals surface area contributed by atoms with Crippen molar-refractivity contribution in [3.63, 3.8) is 0 Å². The average Bonchev–Trinajstić information content (AvgIpc) is 3.29. The third kappa shape index (κ3) is 3.55. The maximum atomic E-state index is 4.82. The number of hydrogen-bond donors (Lipinski definition) is 1. The third-order valence-corrected chi connectivity index (χ3v) is 5.82. The van der Waals surface area contributed by atoms with Gasteiger partial charge in [-0.2, -0.15) is 11.3 Å². The molecular weight excluding hydrogens is 362 g/mol. The zero-order valence-electron chi connectivity index (χ0n) is 13.4. The molecule has 1 fully saturated rings. The highest BCUT2D eigenvalue weighted by molar-refractivity contribution is 7.14. The van der Waals surface area contributed by atoms with Gasteiger partial charge in [-0.05, 0) is 11.4 Å². The quantitative estimate of drug-likeness (QED) is 0.754. The molecule has 1 saturated heterocycles. The first-order valence-corrected chi connectivity index (χ1v) is 9.52. The van der Waals surface area contributed by atoms with Crippen LogP contribution in [0.1, 0.15) is 17.6 Å². The van der Waals surface area contributed by atoms with Crippen LogP contribution in [0.2, 0.25) is 0 Å². The Morgan fingerprint density at radius 3 is 3.04 bits per heavy atom. The van der Waals surface area contributed by atoms with Crippen molar-refractivity contribution in [3.8, 4) is 10.6 Å². The fourth-order valence-corrected chi connectivity index (χ4v) is 4.52. The molecule has 1 unspecified atom stereocenters. The van der Waals surface area contributed by atoms with Crippen molar-refractivity contribution in [2.75, 3.05) is 19.6 Å². The summed E-state index contributed by atoms with van der Waals surface area (Å²) in [6, 6.07) is 2.43. The van der Waals surface area contributed by atoms with E-state index in [0.29, 0.717) is 6.04 Å². The summed E-state index contributed by atoms with van der Waals surface area (Å²) < 4.78 is 2.11. The first-order chi connectivity index (χ1) is 11.3. The van der Waals surface area contributed by atoms with Crippen molar-refractivity contribution in [2.45, 2.75) is 12.6 Å². The number of piperazine rings is 1. The van der Waals surface area contributed by atoms with Gasteiger partial charge in [0.25, 0.3) is 0 Å². The molecule has 128 valence electrons. The second kappa shape index (κ2) is 7.76. The van der Waals surface area contributed by atoms with Gasteiger partial charge in [0.2, 0.25) is 0 Å². The molecule has 24 heavy (non-hydrogen) atoms. The molecule has 4 heterocycles. The lowest BCUT2D eigenvalue weighted by Crippen LogP contribution is -2.46. The zero-order chi connectivity index (χ0) is 15.6. The minimum atomic E-state index is 0. The monoisotopic (exact) mass is 381 g/mol. The van der Waals surface area contributed by atoms with E-state index in [1.165, 1.54) is 5.56 Å². The molecule has 0 saturated carbocycles. The average molecular weight is 382 g/mol. The molecule has 3 aromatic rings. The molecule has 3 aromatic heterocycles. The van der Waals surface area contributed by atoms with Crippen LogP contribution in [-0.4, -0.2) is 39.1 Å². The second-order valence-electron chi connectivity index (χ2n) is 5.74. The second-order valence-corrected chi connectivity index (χ2v) is 7.38. The van der Waals surface area contributed by atoms with E-state index in [1.54, 1.807) is 22.7 Å². The molecule has 8 heteroatoms. The molecular formula is C16H20ClN5S2. The van der Waals surface area contributed by atoms with Crippen LogP contribution in [-0.2, 0) is 13.6 Å². The molecule has 0 aliphatic carbocycles. The minimum Gasteiger partial charge on any atom is -0.337 e. The van der Waals surface area contributed by atoms with Crippen molar-refractivity contribution >= 4 is 35.1 Å². The molecule has 0 spiro atoms. The Morgan fingerprint density at radius 1 is 1.38 bits per heavy atom. The SMILES string of the molecule is Cl.Cn1ccnc1C1CNCCN1Cc1csc(-c2ccsc2)n1. The van der Waals surface area contributed by atoms with E-state index in [0.717, 1.165) is 42.7 Å². The Morgan fingerprint density at radius 2 is 2.29 bits per heavy atom. The Labute approximate surface area is 155 Å². The van der Waals surface area contributed by atoms with Gasteiger partial charge in [0.15, 0.2) is 0 Å². The molecule has 1 N–H and O–H groups in total. The van der Waals surface area contributed by atoms with Crippen molar-refractivity contribution in [2.24, 2.45) is 7.05 Å². The summed E-state index contributed by atoms with van der Waals surface area (Å²) in [7, 11) is 2.06. The third-order valence-electron chi connectivity index (χ3n) is 4.20. The normalized spacial score (nSPS) is 18.5. The number of nitrogens with one attached hydrogen (secondary N) is 1.